The highest BCUT2D eigenvalue weighted by Crippen LogP contribution is 2.12. The first-order valence-electron chi connectivity index (χ1n) is 6.03. The van der Waals surface area contributed by atoms with Gasteiger partial charge < -0.3 is 10.1 Å². The van der Waals surface area contributed by atoms with Gasteiger partial charge in [0.1, 0.15) is 11.6 Å². The number of rotatable bonds is 3. The van der Waals surface area contributed by atoms with Crippen molar-refractivity contribution < 1.29 is 4.74 Å². The van der Waals surface area contributed by atoms with E-state index in [2.05, 4.69) is 27.1 Å². The molecular weight excluding hydrogens is 216 g/mol. The van der Waals surface area contributed by atoms with Crippen LogP contribution in [-0.4, -0.2) is 47.7 Å². The lowest BCUT2D eigenvalue weighted by molar-refractivity contribution is -0.00549. The lowest BCUT2D eigenvalue weighted by Crippen LogP contribution is -2.43. The zero-order valence-electron chi connectivity index (χ0n) is 10.7. The molecular formula is C12H20N4O. The Kier molecular flexibility index (Phi) is 3.91. The molecule has 5 heteroatoms. The second kappa shape index (κ2) is 5.42. The van der Waals surface area contributed by atoms with Gasteiger partial charge in [-0.25, -0.2) is 9.97 Å². The van der Waals surface area contributed by atoms with Crippen LogP contribution in [-0.2, 0) is 11.3 Å². The van der Waals surface area contributed by atoms with Crippen LogP contribution in [0.25, 0.3) is 0 Å². The Morgan fingerprint density at radius 2 is 2.35 bits per heavy atom. The van der Waals surface area contributed by atoms with Crippen LogP contribution in [0.4, 0.5) is 5.82 Å². The van der Waals surface area contributed by atoms with E-state index in [1.807, 2.05) is 20.0 Å². The smallest absolute Gasteiger partial charge is 0.144 e. The monoisotopic (exact) mass is 236 g/mol. The first-order chi connectivity index (χ1) is 8.19. The topological polar surface area (TPSA) is 50.3 Å². The summed E-state index contributed by atoms with van der Waals surface area (Å²) in [6, 6.07) is 2.39. The molecule has 17 heavy (non-hydrogen) atoms. The Labute approximate surface area is 102 Å². The number of ether oxygens (including phenoxy) is 1. The molecule has 0 spiro atoms. The van der Waals surface area contributed by atoms with Crippen LogP contribution < -0.4 is 5.32 Å². The number of morpholine rings is 1. The van der Waals surface area contributed by atoms with E-state index in [0.29, 0.717) is 6.04 Å². The van der Waals surface area contributed by atoms with Gasteiger partial charge in [-0.15, -0.1) is 0 Å². The van der Waals surface area contributed by atoms with Crippen molar-refractivity contribution in [2.24, 2.45) is 0 Å². The fraction of sp³-hybridized carbons (Fsp3) is 0.667. The minimum Gasteiger partial charge on any atom is -0.379 e. The number of nitrogens with one attached hydrogen (secondary N) is 1. The standard InChI is InChI=1S/C12H20N4O/c1-9-6-11(13-3)15-12(14-9)7-16-4-5-17-8-10(16)2/h6,10H,4-5,7-8H2,1-3H3,(H,13,14,15). The molecule has 0 amide bonds. The van der Waals surface area contributed by atoms with E-state index in [-0.39, 0.29) is 0 Å². The van der Waals surface area contributed by atoms with Gasteiger partial charge >= 0.3 is 0 Å². The average Bonchev–Trinajstić information content (AvgIpc) is 2.31. The molecule has 1 atom stereocenters. The highest BCUT2D eigenvalue weighted by atomic mass is 16.5. The fourth-order valence-electron chi connectivity index (χ4n) is 2.01. The van der Waals surface area contributed by atoms with E-state index in [9.17, 15) is 0 Å². The summed E-state index contributed by atoms with van der Waals surface area (Å²) in [5.74, 6) is 1.76. The Bertz CT molecular complexity index is 383. The van der Waals surface area contributed by atoms with Gasteiger partial charge in [-0.1, -0.05) is 0 Å². The summed E-state index contributed by atoms with van der Waals surface area (Å²) in [6.07, 6.45) is 0. The van der Waals surface area contributed by atoms with Crippen molar-refractivity contribution >= 4 is 5.82 Å². The Hall–Kier alpha value is -1.20. The molecule has 1 aromatic heterocycles. The van der Waals surface area contributed by atoms with Gasteiger partial charge in [-0.3, -0.25) is 4.90 Å². The molecule has 94 valence electrons. The molecule has 1 saturated heterocycles. The number of aryl methyl sites for hydroxylation is 1. The minimum absolute atomic E-state index is 0.436. The fourth-order valence-corrected chi connectivity index (χ4v) is 2.01. The highest BCUT2D eigenvalue weighted by molar-refractivity contribution is 5.34. The Morgan fingerprint density at radius 3 is 3.06 bits per heavy atom. The minimum atomic E-state index is 0.436. The first kappa shape index (κ1) is 12.3. The average molecular weight is 236 g/mol. The molecule has 0 radical (unpaired) electrons. The van der Waals surface area contributed by atoms with Crippen molar-refractivity contribution in [2.45, 2.75) is 26.4 Å². The summed E-state index contributed by atoms with van der Waals surface area (Å²) < 4.78 is 5.42. The molecule has 0 aromatic carbocycles. The van der Waals surface area contributed by atoms with Gasteiger partial charge in [-0.2, -0.15) is 0 Å². The third kappa shape index (κ3) is 3.14. The van der Waals surface area contributed by atoms with E-state index in [4.69, 9.17) is 4.74 Å². The highest BCUT2D eigenvalue weighted by Gasteiger charge is 2.19. The van der Waals surface area contributed by atoms with Crippen molar-refractivity contribution in [3.8, 4) is 0 Å². The van der Waals surface area contributed by atoms with Crippen LogP contribution >= 0.6 is 0 Å². The second-order valence-corrected chi connectivity index (χ2v) is 4.46. The Morgan fingerprint density at radius 1 is 1.53 bits per heavy atom. The van der Waals surface area contributed by atoms with Crippen LogP contribution in [0.3, 0.4) is 0 Å². The lowest BCUT2D eigenvalue weighted by Gasteiger charge is -2.32. The van der Waals surface area contributed by atoms with Crippen molar-refractivity contribution in [3.63, 3.8) is 0 Å². The van der Waals surface area contributed by atoms with E-state index >= 15 is 0 Å². The zero-order chi connectivity index (χ0) is 12.3. The van der Waals surface area contributed by atoms with Crippen LogP contribution in [0.2, 0.25) is 0 Å². The summed E-state index contributed by atoms with van der Waals surface area (Å²) in [5.41, 5.74) is 1.00. The van der Waals surface area contributed by atoms with Gasteiger partial charge in [0.15, 0.2) is 0 Å². The van der Waals surface area contributed by atoms with E-state index < -0.39 is 0 Å². The SMILES string of the molecule is CNc1cc(C)nc(CN2CCOCC2C)n1. The summed E-state index contributed by atoms with van der Waals surface area (Å²) >= 11 is 0. The van der Waals surface area contributed by atoms with Gasteiger partial charge in [0.05, 0.1) is 19.8 Å². The third-order valence-electron chi connectivity index (χ3n) is 3.01. The molecule has 1 fully saturated rings. The summed E-state index contributed by atoms with van der Waals surface area (Å²) in [4.78, 5) is 11.3. The summed E-state index contributed by atoms with van der Waals surface area (Å²) in [6.45, 7) is 7.51. The molecule has 1 N–H and O–H groups in total. The molecule has 5 nitrogen and oxygen atoms in total. The molecule has 1 unspecified atom stereocenters. The van der Waals surface area contributed by atoms with Gasteiger partial charge in [0.2, 0.25) is 0 Å². The van der Waals surface area contributed by atoms with Gasteiger partial charge in [0, 0.05) is 31.4 Å². The quantitative estimate of drug-likeness (QED) is 0.850. The first-order valence-corrected chi connectivity index (χ1v) is 6.03. The molecule has 2 rings (SSSR count). The Balaban J connectivity index is 2.09. The van der Waals surface area contributed by atoms with E-state index in [1.54, 1.807) is 0 Å². The number of hydrogen-bond donors (Lipinski definition) is 1. The molecule has 0 saturated carbocycles. The third-order valence-corrected chi connectivity index (χ3v) is 3.01. The van der Waals surface area contributed by atoms with Crippen molar-refractivity contribution in [1.82, 2.24) is 14.9 Å². The molecule has 1 aliphatic rings. The predicted molar refractivity (Wildman–Crippen MR) is 67.0 cm³/mol. The number of hydrogen-bond acceptors (Lipinski definition) is 5. The summed E-state index contributed by atoms with van der Waals surface area (Å²) in [5, 5.41) is 3.06. The van der Waals surface area contributed by atoms with Crippen molar-refractivity contribution in [1.29, 1.82) is 0 Å². The normalized spacial score (nSPS) is 21.5. The van der Waals surface area contributed by atoms with Crippen molar-refractivity contribution in [2.75, 3.05) is 32.1 Å². The van der Waals surface area contributed by atoms with E-state index in [0.717, 1.165) is 43.6 Å². The van der Waals surface area contributed by atoms with Crippen LogP contribution in [0.5, 0.6) is 0 Å². The maximum atomic E-state index is 5.42. The second-order valence-electron chi connectivity index (χ2n) is 4.46. The van der Waals surface area contributed by atoms with Gasteiger partial charge in [-0.05, 0) is 13.8 Å². The molecule has 1 aliphatic heterocycles. The largest absolute Gasteiger partial charge is 0.379 e. The maximum absolute atomic E-state index is 5.42. The van der Waals surface area contributed by atoms with Gasteiger partial charge in [0.25, 0.3) is 0 Å². The molecule has 2 heterocycles. The predicted octanol–water partition coefficient (Wildman–Crippen LogP) is 1.05. The maximum Gasteiger partial charge on any atom is 0.144 e. The summed E-state index contributed by atoms with van der Waals surface area (Å²) in [7, 11) is 1.88. The van der Waals surface area contributed by atoms with E-state index in [1.165, 1.54) is 0 Å². The van der Waals surface area contributed by atoms with Crippen LogP contribution in [0.15, 0.2) is 6.07 Å². The molecule has 0 aliphatic carbocycles. The number of anilines is 1. The number of nitrogens with zero attached hydrogens (tertiary/aromatic N) is 3. The molecule has 0 bridgehead atoms. The van der Waals surface area contributed by atoms with Crippen LogP contribution in [0.1, 0.15) is 18.4 Å². The zero-order valence-corrected chi connectivity index (χ0v) is 10.7. The lowest BCUT2D eigenvalue weighted by atomic mass is 10.2. The molecule has 1 aromatic rings. The van der Waals surface area contributed by atoms with Crippen molar-refractivity contribution in [3.05, 3.63) is 17.6 Å². The number of aromatic nitrogens is 2. The van der Waals surface area contributed by atoms with Crippen LogP contribution in [0, 0.1) is 6.92 Å².